The molecule has 0 radical (unpaired) electrons. The maximum absolute atomic E-state index is 6.35. The van der Waals surface area contributed by atoms with Gasteiger partial charge in [0.25, 0.3) is 0 Å². The van der Waals surface area contributed by atoms with Gasteiger partial charge in [-0.25, -0.2) is 0 Å². The minimum absolute atomic E-state index is 0.110. The highest BCUT2D eigenvalue weighted by Crippen LogP contribution is 2.39. The van der Waals surface area contributed by atoms with E-state index in [0.29, 0.717) is 6.10 Å². The molecule has 0 aromatic heterocycles. The summed E-state index contributed by atoms with van der Waals surface area (Å²) in [7, 11) is 1.97. The zero-order valence-electron chi connectivity index (χ0n) is 13.1. The van der Waals surface area contributed by atoms with Gasteiger partial charge in [0, 0.05) is 24.9 Å². The molecule has 1 aromatic rings. The first-order chi connectivity index (χ1) is 10.3. The topological polar surface area (TPSA) is 30.5 Å². The summed E-state index contributed by atoms with van der Waals surface area (Å²) in [5, 5.41) is 3.21. The summed E-state index contributed by atoms with van der Waals surface area (Å²) in [4.78, 5) is 0. The molecule has 1 aliphatic heterocycles. The van der Waals surface area contributed by atoms with Gasteiger partial charge in [-0.15, -0.1) is 0 Å². The van der Waals surface area contributed by atoms with Crippen LogP contribution in [0, 0.1) is 0 Å². The smallest absolute Gasteiger partial charge is 0.124 e. The number of ether oxygens (including phenoxy) is 2. The normalized spacial score (nSPS) is 24.9. The van der Waals surface area contributed by atoms with E-state index in [9.17, 15) is 0 Å². The number of hydrogen-bond acceptors (Lipinski definition) is 3. The van der Waals surface area contributed by atoms with Crippen molar-refractivity contribution in [3.63, 3.8) is 0 Å². The maximum atomic E-state index is 6.35. The third-order valence-corrected chi connectivity index (χ3v) is 4.85. The lowest BCUT2D eigenvalue weighted by Gasteiger charge is -2.43. The minimum atomic E-state index is 0.110. The van der Waals surface area contributed by atoms with Gasteiger partial charge in [-0.2, -0.15) is 0 Å². The Hall–Kier alpha value is -1.06. The highest BCUT2D eigenvalue weighted by atomic mass is 16.5. The summed E-state index contributed by atoms with van der Waals surface area (Å²) in [5.74, 6) is 1.03. The second-order valence-corrected chi connectivity index (χ2v) is 6.46. The second kappa shape index (κ2) is 6.80. The fourth-order valence-corrected chi connectivity index (χ4v) is 3.76. The van der Waals surface area contributed by atoms with E-state index in [1.807, 2.05) is 7.05 Å². The molecule has 3 rings (SSSR count). The van der Waals surface area contributed by atoms with Crippen LogP contribution in [0.5, 0.6) is 5.75 Å². The number of para-hydroxylation sites is 1. The van der Waals surface area contributed by atoms with Crippen LogP contribution in [0.3, 0.4) is 0 Å². The average Bonchev–Trinajstić information content (AvgIpc) is 2.50. The van der Waals surface area contributed by atoms with Crippen molar-refractivity contribution >= 4 is 0 Å². The van der Waals surface area contributed by atoms with Gasteiger partial charge in [-0.05, 0) is 26.0 Å². The third-order valence-electron chi connectivity index (χ3n) is 4.85. The summed E-state index contributed by atoms with van der Waals surface area (Å²) in [6.45, 7) is 1.70. The molecular formula is C18H27NO2. The number of benzene rings is 1. The van der Waals surface area contributed by atoms with Crippen LogP contribution in [-0.4, -0.2) is 25.4 Å². The highest BCUT2D eigenvalue weighted by molar-refractivity contribution is 5.33. The van der Waals surface area contributed by atoms with E-state index < -0.39 is 0 Å². The molecule has 0 amide bonds. The molecule has 1 spiro atoms. The van der Waals surface area contributed by atoms with Crippen LogP contribution >= 0.6 is 0 Å². The Morgan fingerprint density at radius 2 is 2.05 bits per heavy atom. The molecule has 3 nitrogen and oxygen atoms in total. The first-order valence-corrected chi connectivity index (χ1v) is 8.34. The molecule has 116 valence electrons. The molecule has 1 saturated carbocycles. The Labute approximate surface area is 128 Å². The van der Waals surface area contributed by atoms with E-state index in [4.69, 9.17) is 9.47 Å². The van der Waals surface area contributed by atoms with Crippen molar-refractivity contribution < 1.29 is 9.47 Å². The number of nitrogens with one attached hydrogen (secondary N) is 1. The van der Waals surface area contributed by atoms with E-state index >= 15 is 0 Å². The predicted molar refractivity (Wildman–Crippen MR) is 84.6 cm³/mol. The molecule has 2 aliphatic rings. The molecule has 1 unspecified atom stereocenters. The van der Waals surface area contributed by atoms with Crippen LogP contribution in [0.25, 0.3) is 0 Å². The largest absolute Gasteiger partial charge is 0.490 e. The molecule has 1 aliphatic carbocycles. The summed E-state index contributed by atoms with van der Waals surface area (Å²) in [6.07, 6.45) is 8.77. The van der Waals surface area contributed by atoms with E-state index in [1.165, 1.54) is 37.7 Å². The van der Waals surface area contributed by atoms with Crippen molar-refractivity contribution in [2.24, 2.45) is 0 Å². The summed E-state index contributed by atoms with van der Waals surface area (Å²) in [6, 6.07) is 8.37. The highest BCUT2D eigenvalue weighted by Gasteiger charge is 2.39. The Balaban J connectivity index is 1.67. The molecule has 0 bridgehead atoms. The fraction of sp³-hybridized carbons (Fsp3) is 0.667. The fourth-order valence-electron chi connectivity index (χ4n) is 3.76. The van der Waals surface area contributed by atoms with Crippen LogP contribution in [0.15, 0.2) is 24.3 Å². The third kappa shape index (κ3) is 3.58. The molecule has 1 heterocycles. The van der Waals surface area contributed by atoms with Crippen molar-refractivity contribution in [3.05, 3.63) is 29.8 Å². The van der Waals surface area contributed by atoms with Crippen molar-refractivity contribution in [1.29, 1.82) is 0 Å². The van der Waals surface area contributed by atoms with Crippen molar-refractivity contribution in [3.8, 4) is 5.75 Å². The van der Waals surface area contributed by atoms with Crippen LogP contribution in [0.2, 0.25) is 0 Å². The molecule has 1 N–H and O–H groups in total. The number of rotatable bonds is 4. The summed E-state index contributed by atoms with van der Waals surface area (Å²) in [5.41, 5.74) is 1.35. The number of hydrogen-bond donors (Lipinski definition) is 1. The van der Waals surface area contributed by atoms with Crippen LogP contribution < -0.4 is 10.1 Å². The van der Waals surface area contributed by atoms with Gasteiger partial charge in [0.2, 0.25) is 0 Å². The minimum Gasteiger partial charge on any atom is -0.490 e. The van der Waals surface area contributed by atoms with Crippen LogP contribution in [-0.2, 0) is 11.3 Å². The van der Waals surface area contributed by atoms with Gasteiger partial charge in [-0.3, -0.25) is 0 Å². The molecule has 21 heavy (non-hydrogen) atoms. The summed E-state index contributed by atoms with van der Waals surface area (Å²) < 4.78 is 12.5. The molecular weight excluding hydrogens is 262 g/mol. The quantitative estimate of drug-likeness (QED) is 0.917. The maximum Gasteiger partial charge on any atom is 0.124 e. The second-order valence-electron chi connectivity index (χ2n) is 6.46. The van der Waals surface area contributed by atoms with E-state index in [2.05, 4.69) is 29.6 Å². The first-order valence-electron chi connectivity index (χ1n) is 8.34. The monoisotopic (exact) mass is 289 g/mol. The Bertz CT molecular complexity index is 449. The predicted octanol–water partition coefficient (Wildman–Crippen LogP) is 3.67. The zero-order chi connectivity index (χ0) is 14.5. The molecule has 3 heteroatoms. The lowest BCUT2D eigenvalue weighted by atomic mass is 9.79. The van der Waals surface area contributed by atoms with Gasteiger partial charge < -0.3 is 14.8 Å². The standard InChI is InChI=1S/C18H27NO2/c1-19-14-15-7-3-4-8-17(15)21-16-9-12-20-18(13-16)10-5-2-6-11-18/h3-4,7-8,16,19H,2,5-6,9-14H2,1H3. The van der Waals surface area contributed by atoms with Crippen molar-refractivity contribution in [1.82, 2.24) is 5.32 Å². The molecule has 1 atom stereocenters. The van der Waals surface area contributed by atoms with E-state index in [0.717, 1.165) is 31.7 Å². The molecule has 2 fully saturated rings. The SMILES string of the molecule is CNCc1ccccc1OC1CCOC2(CCCCC2)C1. The zero-order valence-corrected chi connectivity index (χ0v) is 13.1. The summed E-state index contributed by atoms with van der Waals surface area (Å²) >= 11 is 0. The Morgan fingerprint density at radius 1 is 1.24 bits per heavy atom. The first kappa shape index (κ1) is 14.9. The van der Waals surface area contributed by atoms with Crippen molar-refractivity contribution in [2.45, 2.75) is 63.2 Å². The average molecular weight is 289 g/mol. The van der Waals surface area contributed by atoms with E-state index in [1.54, 1.807) is 0 Å². The van der Waals surface area contributed by atoms with Gasteiger partial charge in [0.15, 0.2) is 0 Å². The van der Waals surface area contributed by atoms with Gasteiger partial charge in [-0.1, -0.05) is 37.5 Å². The lowest BCUT2D eigenvalue weighted by molar-refractivity contribution is -0.129. The molecule has 1 aromatic carbocycles. The molecule has 1 saturated heterocycles. The van der Waals surface area contributed by atoms with Crippen LogP contribution in [0.1, 0.15) is 50.5 Å². The van der Waals surface area contributed by atoms with Gasteiger partial charge in [0.05, 0.1) is 12.2 Å². The Kier molecular flexibility index (Phi) is 4.81. The van der Waals surface area contributed by atoms with Crippen molar-refractivity contribution in [2.75, 3.05) is 13.7 Å². The van der Waals surface area contributed by atoms with Crippen LogP contribution in [0.4, 0.5) is 0 Å². The lowest BCUT2D eigenvalue weighted by Crippen LogP contribution is -2.45. The van der Waals surface area contributed by atoms with E-state index in [-0.39, 0.29) is 5.60 Å². The van der Waals surface area contributed by atoms with Gasteiger partial charge >= 0.3 is 0 Å². The Morgan fingerprint density at radius 3 is 2.86 bits per heavy atom. The van der Waals surface area contributed by atoms with Gasteiger partial charge in [0.1, 0.15) is 11.9 Å².